The van der Waals surface area contributed by atoms with Gasteiger partial charge < -0.3 is 9.30 Å². The summed E-state index contributed by atoms with van der Waals surface area (Å²) in [5, 5.41) is -0.127. The summed E-state index contributed by atoms with van der Waals surface area (Å²) in [4.78, 5) is 9.21. The van der Waals surface area contributed by atoms with Crippen LogP contribution < -0.4 is 4.74 Å². The summed E-state index contributed by atoms with van der Waals surface area (Å²) in [5.41, 5.74) is 1.85. The predicted octanol–water partition coefficient (Wildman–Crippen LogP) is 3.64. The highest BCUT2D eigenvalue weighted by Crippen LogP contribution is 2.43. The molecule has 0 amide bonds. The van der Waals surface area contributed by atoms with Crippen molar-refractivity contribution < 1.29 is 4.74 Å². The molecule has 1 unspecified atom stereocenters. The molecule has 1 saturated carbocycles. The Morgan fingerprint density at radius 1 is 1.37 bits per heavy atom. The van der Waals surface area contributed by atoms with Crippen LogP contribution in [0.15, 0.2) is 12.1 Å². The van der Waals surface area contributed by atoms with Crippen LogP contribution in [0.3, 0.4) is 0 Å². The van der Waals surface area contributed by atoms with Gasteiger partial charge in [0.15, 0.2) is 5.65 Å². The van der Waals surface area contributed by atoms with Gasteiger partial charge in [0.25, 0.3) is 0 Å². The smallest absolute Gasteiger partial charge is 0.215 e. The van der Waals surface area contributed by atoms with E-state index in [9.17, 15) is 0 Å². The van der Waals surface area contributed by atoms with Crippen molar-refractivity contribution in [2.24, 2.45) is 0 Å². The van der Waals surface area contributed by atoms with E-state index in [4.69, 9.17) is 16.3 Å². The lowest BCUT2D eigenvalue weighted by atomic mass is 9.78. The number of imidazole rings is 1. The molecule has 2 heterocycles. The molecule has 2 aromatic heterocycles. The molecule has 0 spiro atoms. The molecular weight excluding hydrogens is 262 g/mol. The Bertz CT molecular complexity index is 616. The molecule has 102 valence electrons. The maximum Gasteiger partial charge on any atom is 0.215 e. The van der Waals surface area contributed by atoms with Gasteiger partial charge in [0.1, 0.15) is 11.3 Å². The zero-order valence-corrected chi connectivity index (χ0v) is 12.2. The van der Waals surface area contributed by atoms with Gasteiger partial charge in [-0.05, 0) is 39.2 Å². The Morgan fingerprint density at radius 2 is 2.11 bits per heavy atom. The first kappa shape index (κ1) is 12.7. The van der Waals surface area contributed by atoms with Gasteiger partial charge in [0, 0.05) is 11.6 Å². The minimum atomic E-state index is -0.127. The number of hydrogen-bond donors (Lipinski definition) is 0. The third-order valence-electron chi connectivity index (χ3n) is 4.04. The molecule has 3 rings (SSSR count). The zero-order chi connectivity index (χ0) is 13.6. The molecule has 1 aliphatic carbocycles. The molecule has 0 bridgehead atoms. The van der Waals surface area contributed by atoms with E-state index in [0.717, 1.165) is 29.8 Å². The van der Waals surface area contributed by atoms with Crippen LogP contribution in [0.1, 0.15) is 44.3 Å². The molecule has 4 nitrogen and oxygen atoms in total. The van der Waals surface area contributed by atoms with Crippen molar-refractivity contribution in [2.75, 3.05) is 7.11 Å². The minimum absolute atomic E-state index is 0.0899. The van der Waals surface area contributed by atoms with Gasteiger partial charge >= 0.3 is 0 Å². The van der Waals surface area contributed by atoms with Crippen molar-refractivity contribution in [1.29, 1.82) is 0 Å². The van der Waals surface area contributed by atoms with Crippen molar-refractivity contribution in [3.63, 3.8) is 0 Å². The Kier molecular flexibility index (Phi) is 2.93. The second-order valence-electron chi connectivity index (χ2n) is 5.47. The number of fused-ring (bicyclic) bond motifs is 1. The molecule has 19 heavy (non-hydrogen) atoms. The summed E-state index contributed by atoms with van der Waals surface area (Å²) in [6.07, 6.45) is 3.54. The average molecular weight is 280 g/mol. The molecule has 0 aromatic carbocycles. The number of rotatable bonds is 3. The normalized spacial score (nSPS) is 19.2. The Labute approximate surface area is 117 Å². The van der Waals surface area contributed by atoms with Crippen LogP contribution in [0.2, 0.25) is 0 Å². The van der Waals surface area contributed by atoms with E-state index in [1.165, 1.54) is 6.42 Å². The van der Waals surface area contributed by atoms with Gasteiger partial charge in [-0.2, -0.15) is 4.98 Å². The lowest BCUT2D eigenvalue weighted by Gasteiger charge is -2.41. The number of halogens is 1. The molecule has 2 aromatic rings. The highest BCUT2D eigenvalue weighted by Gasteiger charge is 2.38. The number of ether oxygens (including phenoxy) is 1. The third-order valence-corrected chi connectivity index (χ3v) is 4.24. The molecule has 0 saturated heterocycles. The fourth-order valence-corrected chi connectivity index (χ4v) is 2.93. The van der Waals surface area contributed by atoms with Crippen LogP contribution in [0.5, 0.6) is 5.88 Å². The lowest BCUT2D eigenvalue weighted by molar-refractivity contribution is 0.168. The van der Waals surface area contributed by atoms with Crippen LogP contribution in [-0.4, -0.2) is 21.6 Å². The van der Waals surface area contributed by atoms with Gasteiger partial charge in [-0.25, -0.2) is 4.98 Å². The number of methoxy groups -OCH3 is 1. The van der Waals surface area contributed by atoms with Crippen molar-refractivity contribution in [3.05, 3.63) is 18.0 Å². The number of pyridine rings is 1. The van der Waals surface area contributed by atoms with E-state index in [0.29, 0.717) is 5.88 Å². The molecular formula is C14H18ClN3O. The SMILES string of the molecule is COc1ccc2nc(C(C)Cl)n(C3(C)CCC3)c2n1. The van der Waals surface area contributed by atoms with Gasteiger partial charge in [0.05, 0.1) is 12.5 Å². The van der Waals surface area contributed by atoms with Crippen LogP contribution in [-0.2, 0) is 5.54 Å². The van der Waals surface area contributed by atoms with Crippen molar-refractivity contribution in [2.45, 2.75) is 44.0 Å². The summed E-state index contributed by atoms with van der Waals surface area (Å²) in [6.45, 7) is 4.21. The molecule has 0 aliphatic heterocycles. The summed E-state index contributed by atoms with van der Waals surface area (Å²) < 4.78 is 7.44. The third kappa shape index (κ3) is 1.89. The maximum absolute atomic E-state index is 6.30. The first-order chi connectivity index (χ1) is 9.05. The zero-order valence-electron chi connectivity index (χ0n) is 11.5. The largest absolute Gasteiger partial charge is 0.481 e. The number of hydrogen-bond acceptors (Lipinski definition) is 3. The summed E-state index contributed by atoms with van der Waals surface area (Å²) >= 11 is 6.30. The molecule has 0 radical (unpaired) electrons. The average Bonchev–Trinajstić information content (AvgIpc) is 2.74. The van der Waals surface area contributed by atoms with Crippen molar-refractivity contribution in [1.82, 2.24) is 14.5 Å². The molecule has 1 atom stereocenters. The summed E-state index contributed by atoms with van der Waals surface area (Å²) in [7, 11) is 1.63. The van der Waals surface area contributed by atoms with Gasteiger partial charge in [-0.15, -0.1) is 11.6 Å². The fraction of sp³-hybridized carbons (Fsp3) is 0.571. The van der Waals surface area contributed by atoms with E-state index in [-0.39, 0.29) is 10.9 Å². The molecule has 1 aliphatic rings. The Balaban J connectivity index is 2.27. The summed E-state index contributed by atoms with van der Waals surface area (Å²) in [5.74, 6) is 1.52. The quantitative estimate of drug-likeness (QED) is 0.806. The lowest BCUT2D eigenvalue weighted by Crippen LogP contribution is -2.38. The van der Waals surface area contributed by atoms with E-state index >= 15 is 0 Å². The molecule has 1 fully saturated rings. The van der Waals surface area contributed by atoms with Crippen molar-refractivity contribution >= 4 is 22.8 Å². The summed E-state index contributed by atoms with van der Waals surface area (Å²) in [6, 6.07) is 3.79. The van der Waals surface area contributed by atoms with E-state index in [1.54, 1.807) is 7.11 Å². The van der Waals surface area contributed by atoms with Crippen LogP contribution in [0.4, 0.5) is 0 Å². The highest BCUT2D eigenvalue weighted by molar-refractivity contribution is 6.20. The number of nitrogens with zero attached hydrogens (tertiary/aromatic N) is 3. The topological polar surface area (TPSA) is 39.9 Å². The Morgan fingerprint density at radius 3 is 2.63 bits per heavy atom. The standard InChI is InChI=1S/C14H18ClN3O/c1-9(15)12-16-10-5-6-11(19-3)17-13(10)18(12)14(2)7-4-8-14/h5-6,9H,4,7-8H2,1-3H3. The van der Waals surface area contributed by atoms with Gasteiger partial charge in [-0.1, -0.05) is 0 Å². The van der Waals surface area contributed by atoms with Gasteiger partial charge in [0.2, 0.25) is 5.88 Å². The fourth-order valence-electron chi connectivity index (χ4n) is 2.78. The molecule has 0 N–H and O–H groups in total. The first-order valence-electron chi connectivity index (χ1n) is 6.63. The van der Waals surface area contributed by atoms with E-state index < -0.39 is 0 Å². The van der Waals surface area contributed by atoms with E-state index in [2.05, 4.69) is 21.5 Å². The van der Waals surface area contributed by atoms with Crippen LogP contribution in [0.25, 0.3) is 11.2 Å². The predicted molar refractivity (Wildman–Crippen MR) is 75.8 cm³/mol. The van der Waals surface area contributed by atoms with Crippen LogP contribution >= 0.6 is 11.6 Å². The second kappa shape index (κ2) is 4.37. The first-order valence-corrected chi connectivity index (χ1v) is 7.07. The van der Waals surface area contributed by atoms with Crippen molar-refractivity contribution in [3.8, 4) is 5.88 Å². The molecule has 5 heteroatoms. The van der Waals surface area contributed by atoms with Gasteiger partial charge in [-0.3, -0.25) is 0 Å². The van der Waals surface area contributed by atoms with Crippen LogP contribution in [0, 0.1) is 0 Å². The number of alkyl halides is 1. The second-order valence-corrected chi connectivity index (χ2v) is 6.12. The Hall–Kier alpha value is -1.29. The highest BCUT2D eigenvalue weighted by atomic mass is 35.5. The van der Waals surface area contributed by atoms with E-state index in [1.807, 2.05) is 19.1 Å². The monoisotopic (exact) mass is 279 g/mol. The maximum atomic E-state index is 6.30. The number of aromatic nitrogens is 3. The minimum Gasteiger partial charge on any atom is -0.481 e.